The number of carbonyl (C=O) groups is 1. The normalized spacial score (nSPS) is 28.4. The van der Waals surface area contributed by atoms with Crippen LogP contribution in [0, 0.1) is 29.0 Å². The van der Waals surface area contributed by atoms with Crippen molar-refractivity contribution in [1.29, 1.82) is 5.26 Å². The Morgan fingerprint density at radius 3 is 2.89 bits per heavy atom. The maximum Gasteiger partial charge on any atom is 0.326 e. The lowest BCUT2D eigenvalue weighted by molar-refractivity contribution is -0.117. The van der Waals surface area contributed by atoms with Crippen LogP contribution < -0.4 is 14.3 Å². The van der Waals surface area contributed by atoms with Crippen LogP contribution in [0.2, 0.25) is 0 Å². The molecule has 0 radical (unpaired) electrons. The van der Waals surface area contributed by atoms with Gasteiger partial charge in [-0.25, -0.2) is 13.4 Å². The van der Waals surface area contributed by atoms with E-state index >= 15 is 4.39 Å². The summed E-state index contributed by atoms with van der Waals surface area (Å²) in [5.41, 5.74) is 0.511. The number of amides is 1. The molecule has 144 valence electrons. The molecule has 3 aliphatic rings. The van der Waals surface area contributed by atoms with Crippen molar-refractivity contribution in [2.45, 2.75) is 31.7 Å². The topological polar surface area (TPSA) is 123 Å². The number of aryl methyl sites for hydroxylation is 1. The largest absolute Gasteiger partial charge is 0.506 e. The monoisotopic (exact) mass is 394 g/mol. The van der Waals surface area contributed by atoms with Crippen LogP contribution in [0.25, 0.3) is 0 Å². The van der Waals surface area contributed by atoms with Crippen LogP contribution in [-0.4, -0.2) is 38.6 Å². The van der Waals surface area contributed by atoms with Crippen molar-refractivity contribution >= 4 is 21.8 Å². The number of nitriles is 1. The number of carbonyl (C=O) groups excluding carboxylic acids is 1. The highest BCUT2D eigenvalue weighted by Crippen LogP contribution is 2.40. The lowest BCUT2D eigenvalue weighted by atomic mass is 9.87. The molecule has 1 saturated heterocycles. The Balaban J connectivity index is 1.58. The fourth-order valence-electron chi connectivity index (χ4n) is 3.85. The summed E-state index contributed by atoms with van der Waals surface area (Å²) in [6.07, 6.45) is 2.55. The van der Waals surface area contributed by atoms with Crippen LogP contribution in [-0.2, 0) is 27.8 Å². The van der Waals surface area contributed by atoms with Crippen LogP contribution in [0.3, 0.4) is 0 Å². The molecule has 1 aliphatic heterocycles. The molecule has 1 aromatic rings. The number of hydrogen-bond acceptors (Lipinski definition) is 6. The minimum Gasteiger partial charge on any atom is -0.506 e. The van der Waals surface area contributed by atoms with Gasteiger partial charge in [0.05, 0.1) is 12.0 Å². The summed E-state index contributed by atoms with van der Waals surface area (Å²) in [6.45, 7) is 0.133. The van der Waals surface area contributed by atoms with Crippen molar-refractivity contribution < 1.29 is 22.7 Å². The van der Waals surface area contributed by atoms with Gasteiger partial charge >= 0.3 is 10.2 Å². The lowest BCUT2D eigenvalue weighted by Crippen LogP contribution is -2.37. The Morgan fingerprint density at radius 2 is 2.26 bits per heavy atom. The summed E-state index contributed by atoms with van der Waals surface area (Å²) in [4.78, 5) is 11.4. The third-order valence-corrected chi connectivity index (χ3v) is 6.83. The lowest BCUT2D eigenvalue weighted by Gasteiger charge is -2.28. The summed E-state index contributed by atoms with van der Waals surface area (Å²) >= 11 is 0. The number of rotatable bonds is 4. The van der Waals surface area contributed by atoms with E-state index in [0.717, 1.165) is 12.8 Å². The fourth-order valence-corrected chi connectivity index (χ4v) is 5.01. The van der Waals surface area contributed by atoms with Gasteiger partial charge in [0.15, 0.2) is 5.82 Å². The second kappa shape index (κ2) is 6.35. The summed E-state index contributed by atoms with van der Waals surface area (Å²) < 4.78 is 41.6. The average Bonchev–Trinajstić information content (AvgIpc) is 3.31. The van der Waals surface area contributed by atoms with E-state index in [4.69, 9.17) is 5.26 Å². The second-order valence-corrected chi connectivity index (χ2v) is 8.91. The average molecular weight is 394 g/mol. The summed E-state index contributed by atoms with van der Waals surface area (Å²) in [5, 5.41) is 22.4. The zero-order valence-electron chi connectivity index (χ0n) is 14.4. The number of nitrogens with one attached hydrogen (secondary N) is 2. The predicted octanol–water partition coefficient (Wildman–Crippen LogP) is 0.319. The first-order chi connectivity index (χ1) is 12.8. The van der Waals surface area contributed by atoms with Crippen molar-refractivity contribution in [1.82, 2.24) is 10.0 Å². The van der Waals surface area contributed by atoms with Gasteiger partial charge in [-0.2, -0.15) is 13.7 Å². The molecule has 0 aromatic heterocycles. The van der Waals surface area contributed by atoms with Gasteiger partial charge in [0.2, 0.25) is 0 Å². The van der Waals surface area contributed by atoms with Gasteiger partial charge in [0, 0.05) is 6.04 Å². The minimum absolute atomic E-state index is 0.0132. The quantitative estimate of drug-likeness (QED) is 0.676. The number of phenolic OH excluding ortho intramolecular Hbond substituents is 1. The first kappa shape index (κ1) is 18.0. The molecule has 1 heterocycles. The number of hydrogen-bond donors (Lipinski definition) is 3. The van der Waals surface area contributed by atoms with E-state index in [1.165, 1.54) is 6.07 Å². The van der Waals surface area contributed by atoms with Gasteiger partial charge in [0.25, 0.3) is 5.91 Å². The van der Waals surface area contributed by atoms with Gasteiger partial charge in [-0.05, 0) is 55.3 Å². The third-order valence-electron chi connectivity index (χ3n) is 5.45. The number of phenols is 1. The van der Waals surface area contributed by atoms with Crippen LogP contribution in [0.5, 0.6) is 5.75 Å². The van der Waals surface area contributed by atoms with Crippen molar-refractivity contribution in [2.24, 2.45) is 11.8 Å². The molecule has 8 nitrogen and oxygen atoms in total. The van der Waals surface area contributed by atoms with E-state index < -0.39 is 39.9 Å². The van der Waals surface area contributed by atoms with Gasteiger partial charge < -0.3 is 10.4 Å². The molecular formula is C17H19FN4O4S. The smallest absolute Gasteiger partial charge is 0.326 e. The number of fused-ring (bicyclic) bond motifs is 1. The molecule has 27 heavy (non-hydrogen) atoms. The van der Waals surface area contributed by atoms with Crippen molar-refractivity contribution in [3.05, 3.63) is 23.0 Å². The minimum atomic E-state index is -4.21. The fraction of sp³-hybridized carbons (Fsp3) is 0.529. The van der Waals surface area contributed by atoms with E-state index in [2.05, 4.69) is 11.4 Å². The number of nitrogens with zero attached hydrogens (tertiary/aromatic N) is 2. The zero-order chi connectivity index (χ0) is 19.3. The van der Waals surface area contributed by atoms with Crippen LogP contribution in [0.1, 0.15) is 24.0 Å². The molecule has 0 bridgehead atoms. The molecule has 3 atom stereocenters. The van der Waals surface area contributed by atoms with Crippen LogP contribution >= 0.6 is 0 Å². The van der Waals surface area contributed by atoms with Crippen molar-refractivity contribution in [2.75, 3.05) is 17.4 Å². The van der Waals surface area contributed by atoms with E-state index in [9.17, 15) is 18.3 Å². The second-order valence-electron chi connectivity index (χ2n) is 7.31. The third kappa shape index (κ3) is 3.21. The highest BCUT2D eigenvalue weighted by atomic mass is 32.2. The summed E-state index contributed by atoms with van der Waals surface area (Å²) in [5.74, 6) is -1.64. The molecule has 0 spiro atoms. The molecule has 4 rings (SSSR count). The first-order valence-corrected chi connectivity index (χ1v) is 10.2. The van der Waals surface area contributed by atoms with Gasteiger partial charge in [0.1, 0.15) is 18.0 Å². The van der Waals surface area contributed by atoms with E-state index in [1.807, 2.05) is 0 Å². The number of benzene rings is 1. The Hall–Kier alpha value is -2.38. The highest BCUT2D eigenvalue weighted by Gasteiger charge is 2.40. The standard InChI is InChI=1S/C17H19FN4O4S/c18-16-13-5-12(20-7-11-3-10(11)6-19)2-1-9(13)4-14(23)17(16)22-8-15(24)21-27(22,25)26/h4,10-12,20,23H,1-3,5,7-8H2,(H,21,24)/t10?,11?,12-/m1/s1. The molecule has 1 amide bonds. The SMILES string of the molecule is N#CC1CC1CN[C@@H]1CCc2cc(O)c(N3CC(=O)NS3(=O)=O)c(F)c2C1. The maximum absolute atomic E-state index is 15.2. The Labute approximate surface area is 156 Å². The molecule has 2 fully saturated rings. The highest BCUT2D eigenvalue weighted by molar-refractivity contribution is 7.92. The molecule has 2 unspecified atom stereocenters. The maximum atomic E-state index is 15.2. The number of anilines is 1. The van der Waals surface area contributed by atoms with Crippen molar-refractivity contribution in [3.63, 3.8) is 0 Å². The van der Waals surface area contributed by atoms with E-state index in [0.29, 0.717) is 40.7 Å². The van der Waals surface area contributed by atoms with E-state index in [1.54, 1.807) is 4.72 Å². The molecular weight excluding hydrogens is 375 g/mol. The molecule has 1 saturated carbocycles. The Kier molecular flexibility index (Phi) is 4.24. The Morgan fingerprint density at radius 1 is 1.48 bits per heavy atom. The van der Waals surface area contributed by atoms with Crippen molar-refractivity contribution in [3.8, 4) is 11.8 Å². The van der Waals surface area contributed by atoms with E-state index in [-0.39, 0.29) is 12.0 Å². The zero-order valence-corrected chi connectivity index (χ0v) is 15.2. The predicted molar refractivity (Wildman–Crippen MR) is 93.5 cm³/mol. The first-order valence-electron chi connectivity index (χ1n) is 8.79. The van der Waals surface area contributed by atoms with Gasteiger partial charge in [-0.1, -0.05) is 0 Å². The number of halogens is 1. The van der Waals surface area contributed by atoms with Gasteiger partial charge in [-0.3, -0.25) is 4.79 Å². The molecule has 1 aromatic carbocycles. The number of aromatic hydroxyl groups is 1. The van der Waals surface area contributed by atoms with Crippen LogP contribution in [0.4, 0.5) is 10.1 Å². The molecule has 3 N–H and O–H groups in total. The molecule has 10 heteroatoms. The van der Waals surface area contributed by atoms with Gasteiger partial charge in [-0.15, -0.1) is 0 Å². The Bertz CT molecular complexity index is 959. The molecule has 2 aliphatic carbocycles. The van der Waals surface area contributed by atoms with Crippen LogP contribution in [0.15, 0.2) is 6.07 Å². The summed E-state index contributed by atoms with van der Waals surface area (Å²) in [7, 11) is -4.21. The summed E-state index contributed by atoms with van der Waals surface area (Å²) in [6, 6.07) is 3.63.